The average Bonchev–Trinajstić information content (AvgIpc) is 3.60. The molecule has 6 rings (SSSR count). The number of likely N-dealkylation sites (N-methyl/N-ethyl adjacent to an activating group) is 1. The van der Waals surface area contributed by atoms with Gasteiger partial charge in [0.1, 0.15) is 24.0 Å². The Kier molecular flexibility index (Phi) is 8.44. The molecule has 3 aromatic rings. The van der Waals surface area contributed by atoms with Crippen molar-refractivity contribution >= 4 is 34.2 Å². The fourth-order valence-electron chi connectivity index (χ4n) is 6.90. The third-order valence-corrected chi connectivity index (χ3v) is 9.46. The predicted molar refractivity (Wildman–Crippen MR) is 167 cm³/mol. The van der Waals surface area contributed by atoms with Crippen molar-refractivity contribution in [2.75, 3.05) is 51.3 Å². The normalized spacial score (nSPS) is 21.9. The number of fused-ring (bicyclic) bond motifs is 2. The van der Waals surface area contributed by atoms with Gasteiger partial charge in [0.15, 0.2) is 11.6 Å². The number of likely N-dealkylation sites (tertiary alicyclic amines) is 1. The van der Waals surface area contributed by atoms with Gasteiger partial charge in [0, 0.05) is 36.6 Å². The zero-order valence-corrected chi connectivity index (χ0v) is 25.7. The summed E-state index contributed by atoms with van der Waals surface area (Å²) in [5.41, 5.74) is 3.46. The first-order valence-electron chi connectivity index (χ1n) is 15.0. The van der Waals surface area contributed by atoms with E-state index >= 15 is 4.39 Å². The van der Waals surface area contributed by atoms with Gasteiger partial charge in [-0.3, -0.25) is 4.79 Å². The smallest absolute Gasteiger partial charge is 0.319 e. The summed E-state index contributed by atoms with van der Waals surface area (Å²) >= 11 is 6.88. The van der Waals surface area contributed by atoms with Crippen LogP contribution in [-0.2, 0) is 17.6 Å². The Bertz CT molecular complexity index is 1680. The van der Waals surface area contributed by atoms with E-state index in [9.17, 15) is 9.18 Å². The van der Waals surface area contributed by atoms with Gasteiger partial charge >= 0.3 is 6.01 Å². The molecular weight excluding hydrogens is 586 g/mol. The molecule has 1 aliphatic carbocycles. The van der Waals surface area contributed by atoms with Crippen LogP contribution in [0.4, 0.5) is 14.6 Å². The number of hydrogen-bond donors (Lipinski definition) is 0. The third-order valence-electron chi connectivity index (χ3n) is 9.16. The molecule has 0 spiro atoms. The van der Waals surface area contributed by atoms with Crippen molar-refractivity contribution in [2.24, 2.45) is 5.92 Å². The van der Waals surface area contributed by atoms with E-state index in [4.69, 9.17) is 27.9 Å². The van der Waals surface area contributed by atoms with Gasteiger partial charge in [-0.1, -0.05) is 43.3 Å². The van der Waals surface area contributed by atoms with E-state index in [1.165, 1.54) is 10.5 Å². The number of carbonyl (C=O) groups is 1. The van der Waals surface area contributed by atoms with E-state index in [0.29, 0.717) is 29.3 Å². The summed E-state index contributed by atoms with van der Waals surface area (Å²) in [4.78, 5) is 30.7. The lowest BCUT2D eigenvalue weighted by Crippen LogP contribution is -2.56. The number of amides is 1. The lowest BCUT2D eigenvalue weighted by molar-refractivity contribution is -0.131. The number of aromatic nitrogens is 2. The summed E-state index contributed by atoms with van der Waals surface area (Å²) in [5, 5.41) is 0.646. The average molecular weight is 621 g/mol. The first kappa shape index (κ1) is 30.2. The zero-order chi connectivity index (χ0) is 31.1. The third kappa shape index (κ3) is 5.59. The number of hydrogen-bond acceptors (Lipinski definition) is 6. The molecule has 0 saturated carbocycles. The summed E-state index contributed by atoms with van der Waals surface area (Å²) < 4.78 is 36.7. The summed E-state index contributed by atoms with van der Waals surface area (Å²) in [6, 6.07) is 7.26. The van der Waals surface area contributed by atoms with Crippen molar-refractivity contribution in [3.05, 3.63) is 70.1 Å². The van der Waals surface area contributed by atoms with Gasteiger partial charge in [0.05, 0.1) is 5.02 Å². The molecule has 1 amide bonds. The van der Waals surface area contributed by atoms with Gasteiger partial charge < -0.3 is 24.3 Å². The Morgan fingerprint density at radius 3 is 2.77 bits per heavy atom. The van der Waals surface area contributed by atoms with E-state index in [2.05, 4.69) is 34.3 Å². The monoisotopic (exact) mass is 620 g/mol. The first-order chi connectivity index (χ1) is 21.2. The molecule has 0 bridgehead atoms. The fraction of sp³-hybridized carbons (Fsp3) is 0.455. The highest BCUT2D eigenvalue weighted by Crippen LogP contribution is 2.43. The van der Waals surface area contributed by atoms with Crippen LogP contribution in [0.3, 0.4) is 0 Å². The van der Waals surface area contributed by atoms with Crippen molar-refractivity contribution < 1.29 is 18.3 Å². The molecule has 3 atom stereocenters. The van der Waals surface area contributed by atoms with Crippen LogP contribution in [0.1, 0.15) is 30.9 Å². The van der Waals surface area contributed by atoms with Crippen molar-refractivity contribution in [2.45, 2.75) is 44.7 Å². The lowest BCUT2D eigenvalue weighted by atomic mass is 9.95. The molecule has 2 aliphatic heterocycles. The molecule has 3 aliphatic rings. The number of anilines is 1. The Hall–Kier alpha value is -3.81. The van der Waals surface area contributed by atoms with Gasteiger partial charge in [-0.25, -0.2) is 15.4 Å². The Labute approximate surface area is 261 Å². The Morgan fingerprint density at radius 2 is 2.05 bits per heavy atom. The number of nitrogens with zero attached hydrogens (tertiary/aromatic N) is 6. The molecule has 0 N–H and O–H groups in total. The minimum Gasteiger partial charge on any atom is -0.462 e. The first-order valence-corrected chi connectivity index (χ1v) is 15.4. The van der Waals surface area contributed by atoms with Crippen LogP contribution in [0.2, 0.25) is 5.02 Å². The number of rotatable bonds is 7. The van der Waals surface area contributed by atoms with Gasteiger partial charge in [-0.15, -0.1) is 0 Å². The summed E-state index contributed by atoms with van der Waals surface area (Å²) in [6.45, 7) is 14.7. The van der Waals surface area contributed by atoms with Crippen molar-refractivity contribution in [1.82, 2.24) is 19.8 Å². The van der Waals surface area contributed by atoms with Crippen LogP contribution < -0.4 is 9.64 Å². The topological polar surface area (TPSA) is 66.2 Å². The van der Waals surface area contributed by atoms with E-state index in [-0.39, 0.29) is 48.8 Å². The number of benzene rings is 2. The van der Waals surface area contributed by atoms with E-state index < -0.39 is 23.6 Å². The summed E-state index contributed by atoms with van der Waals surface area (Å²) in [5.74, 6) is -1.60. The fourth-order valence-corrected chi connectivity index (χ4v) is 7.20. The molecule has 44 heavy (non-hydrogen) atoms. The largest absolute Gasteiger partial charge is 0.462 e. The SMILES string of the molecule is [C-]#[N+]C[C@H]1CN(c2nc(OC[C@@H]3CCCN3C)nc3c(F)c(-c4cccc5c4CC(C)C5)c(Cl)cc23)CCN1C(=O)C(=C)F. The van der Waals surface area contributed by atoms with Crippen LogP contribution in [0.25, 0.3) is 26.9 Å². The highest BCUT2D eigenvalue weighted by atomic mass is 35.5. The molecule has 11 heteroatoms. The molecule has 230 valence electrons. The molecule has 1 unspecified atom stereocenters. The van der Waals surface area contributed by atoms with Crippen LogP contribution in [0.5, 0.6) is 6.01 Å². The molecule has 3 heterocycles. The number of halogens is 3. The minimum atomic E-state index is -1.07. The van der Waals surface area contributed by atoms with Crippen LogP contribution in [0.15, 0.2) is 36.7 Å². The van der Waals surface area contributed by atoms with Crippen LogP contribution >= 0.6 is 11.6 Å². The number of piperazine rings is 1. The highest BCUT2D eigenvalue weighted by molar-refractivity contribution is 6.34. The predicted octanol–water partition coefficient (Wildman–Crippen LogP) is 5.72. The minimum absolute atomic E-state index is 0.0350. The molecule has 2 fully saturated rings. The van der Waals surface area contributed by atoms with E-state index in [0.717, 1.165) is 43.4 Å². The maximum absolute atomic E-state index is 16.8. The maximum Gasteiger partial charge on any atom is 0.319 e. The van der Waals surface area contributed by atoms with Crippen molar-refractivity contribution in [1.29, 1.82) is 0 Å². The molecule has 2 aromatic carbocycles. The van der Waals surface area contributed by atoms with Gasteiger partial charge in [-0.05, 0) is 68.0 Å². The van der Waals surface area contributed by atoms with Crippen molar-refractivity contribution in [3.63, 3.8) is 0 Å². The Morgan fingerprint density at radius 1 is 1.23 bits per heavy atom. The van der Waals surface area contributed by atoms with Crippen LogP contribution in [0, 0.1) is 18.3 Å². The summed E-state index contributed by atoms with van der Waals surface area (Å²) in [6.07, 6.45) is 3.83. The number of ether oxygens (including phenoxy) is 1. The van der Waals surface area contributed by atoms with E-state index in [1.807, 2.05) is 24.1 Å². The van der Waals surface area contributed by atoms with Gasteiger partial charge in [0.25, 0.3) is 5.91 Å². The number of carbonyl (C=O) groups excluding carboxylic acids is 1. The summed E-state index contributed by atoms with van der Waals surface area (Å²) in [7, 11) is 2.05. The lowest BCUT2D eigenvalue weighted by Gasteiger charge is -2.39. The molecule has 1 aromatic heterocycles. The molecule has 0 radical (unpaired) electrons. The van der Waals surface area contributed by atoms with Gasteiger partial charge in [0.2, 0.25) is 6.54 Å². The second-order valence-electron chi connectivity index (χ2n) is 12.2. The second-order valence-corrected chi connectivity index (χ2v) is 12.6. The zero-order valence-electron chi connectivity index (χ0n) is 25.0. The maximum atomic E-state index is 16.8. The van der Waals surface area contributed by atoms with Gasteiger partial charge in [-0.2, -0.15) is 9.97 Å². The second kappa shape index (κ2) is 12.3. The van der Waals surface area contributed by atoms with E-state index in [1.54, 1.807) is 6.07 Å². The van der Waals surface area contributed by atoms with Crippen LogP contribution in [-0.4, -0.2) is 84.1 Å². The Balaban J connectivity index is 1.45. The molecular formula is C33H35ClF2N6O2. The highest BCUT2D eigenvalue weighted by Gasteiger charge is 2.36. The molecule has 8 nitrogen and oxygen atoms in total. The quantitative estimate of drug-likeness (QED) is 0.249. The standard InChI is InChI=1S/C33H35ClF2N6O2/c1-19-13-21-7-5-9-24(25(21)14-19)28-27(34)15-26-30(29(28)36)38-33(44-18-22-8-6-10-40(22)4)39-31(26)41-11-12-42(32(43)20(2)35)23(17-41)16-37-3/h5,7,9,15,19,22-23H,2,6,8,10-14,16-18H2,1,4H3/t19?,22-,23-/m0/s1. The van der Waals surface area contributed by atoms with Crippen molar-refractivity contribution in [3.8, 4) is 17.1 Å². The molecule has 2 saturated heterocycles.